The summed E-state index contributed by atoms with van der Waals surface area (Å²) in [5.41, 5.74) is 0. The minimum absolute atomic E-state index is 0.358. The van der Waals surface area contributed by atoms with Crippen LogP contribution in [0.25, 0.3) is 0 Å². The van der Waals surface area contributed by atoms with Gasteiger partial charge < -0.3 is 0 Å². The first kappa shape index (κ1) is 18.9. The summed E-state index contributed by atoms with van der Waals surface area (Å²) in [7, 11) is 0. The van der Waals surface area contributed by atoms with E-state index in [0.29, 0.717) is 6.61 Å². The van der Waals surface area contributed by atoms with Gasteiger partial charge in [-0.25, -0.2) is 0 Å². The average molecular weight is 341 g/mol. The van der Waals surface area contributed by atoms with E-state index in [-0.39, 0.29) is 0 Å². The van der Waals surface area contributed by atoms with Crippen LogP contribution in [-0.2, 0) is 0 Å². The molecule has 0 heterocycles. The van der Waals surface area contributed by atoms with E-state index < -0.39 is 5.31 Å². The van der Waals surface area contributed by atoms with Crippen LogP contribution in [0.2, 0.25) is 0 Å². The molecule has 0 aliphatic carbocycles. The average Bonchev–Trinajstić information content (AvgIpc) is 2.30. The maximum atomic E-state index is 8.83. The van der Waals surface area contributed by atoms with Crippen molar-refractivity contribution in [1.82, 2.24) is 0 Å². The molecule has 0 radical (unpaired) electrons. The molecular formula is C15H34BrOP. The summed E-state index contributed by atoms with van der Waals surface area (Å²) in [6, 6.07) is 0. The summed E-state index contributed by atoms with van der Waals surface area (Å²) in [5, 5.41) is 7.24. The predicted octanol–water partition coefficient (Wildman–Crippen LogP) is 5.63. The number of rotatable bonds is 12. The van der Waals surface area contributed by atoms with E-state index in [0.717, 1.165) is 6.42 Å². The molecule has 0 saturated carbocycles. The van der Waals surface area contributed by atoms with Crippen molar-refractivity contribution in [2.75, 3.05) is 31.3 Å². The number of aliphatic hydroxyl groups is 1. The molecule has 0 amide bonds. The molecule has 0 spiro atoms. The molecule has 0 rings (SSSR count). The van der Waals surface area contributed by atoms with Crippen molar-refractivity contribution in [1.29, 1.82) is 0 Å². The third-order valence-electron chi connectivity index (χ3n) is 3.97. The number of unbranched alkanes of at least 4 members (excludes halogenated alkanes) is 3. The SMILES string of the molecule is CCCP(Br)(CCC)(CCC)CCCCCCO. The van der Waals surface area contributed by atoms with Crippen molar-refractivity contribution in [3.05, 3.63) is 0 Å². The van der Waals surface area contributed by atoms with Crippen LogP contribution in [0, 0.1) is 0 Å². The summed E-state index contributed by atoms with van der Waals surface area (Å²) in [6.07, 6.45) is 14.5. The van der Waals surface area contributed by atoms with Crippen LogP contribution in [0.5, 0.6) is 0 Å². The second-order valence-corrected chi connectivity index (χ2v) is 17.3. The number of halogens is 1. The molecule has 0 atom stereocenters. The van der Waals surface area contributed by atoms with E-state index in [1.165, 1.54) is 63.2 Å². The zero-order valence-electron chi connectivity index (χ0n) is 12.8. The molecule has 3 heteroatoms. The van der Waals surface area contributed by atoms with E-state index >= 15 is 0 Å². The van der Waals surface area contributed by atoms with Crippen molar-refractivity contribution in [2.24, 2.45) is 0 Å². The molecule has 0 fully saturated rings. The standard InChI is InChI=1S/C15H34BrOP/c1-4-12-18(16,13-5-2,14-6-3)15-10-8-7-9-11-17/h17H,4-15H2,1-3H3. The monoisotopic (exact) mass is 340 g/mol. The summed E-state index contributed by atoms with van der Waals surface area (Å²) >= 11 is 4.32. The Hall–Kier alpha value is 0.870. The Balaban J connectivity index is 4.42. The van der Waals surface area contributed by atoms with Gasteiger partial charge in [-0.1, -0.05) is 0 Å². The molecule has 0 aromatic rings. The molecule has 0 saturated heterocycles. The van der Waals surface area contributed by atoms with Crippen LogP contribution in [0.4, 0.5) is 0 Å². The molecule has 0 aliphatic heterocycles. The first-order chi connectivity index (χ1) is 8.54. The fraction of sp³-hybridized carbons (Fsp3) is 1.00. The zero-order chi connectivity index (χ0) is 13.9. The van der Waals surface area contributed by atoms with E-state index in [1.54, 1.807) is 0 Å². The fourth-order valence-electron chi connectivity index (χ4n) is 3.32. The second kappa shape index (κ2) is 9.72. The van der Waals surface area contributed by atoms with Crippen LogP contribution in [-0.4, -0.2) is 36.4 Å². The van der Waals surface area contributed by atoms with Gasteiger partial charge in [0.2, 0.25) is 0 Å². The van der Waals surface area contributed by atoms with Crippen molar-refractivity contribution in [2.45, 2.75) is 65.7 Å². The van der Waals surface area contributed by atoms with Gasteiger partial charge in [-0.2, -0.15) is 0 Å². The van der Waals surface area contributed by atoms with E-state index in [9.17, 15) is 0 Å². The van der Waals surface area contributed by atoms with Crippen molar-refractivity contribution >= 4 is 20.8 Å². The topological polar surface area (TPSA) is 20.2 Å². The summed E-state index contributed by atoms with van der Waals surface area (Å²) in [5.74, 6) is 0. The third-order valence-corrected chi connectivity index (χ3v) is 14.4. The second-order valence-electron chi connectivity index (χ2n) is 5.85. The van der Waals surface area contributed by atoms with Crippen LogP contribution >= 0.6 is 20.8 Å². The molecule has 1 N–H and O–H groups in total. The molecule has 18 heavy (non-hydrogen) atoms. The van der Waals surface area contributed by atoms with Crippen LogP contribution < -0.4 is 0 Å². The fourth-order valence-corrected chi connectivity index (χ4v) is 13.0. The molecule has 0 unspecified atom stereocenters. The van der Waals surface area contributed by atoms with Gasteiger partial charge >= 0.3 is 123 Å². The normalized spacial score (nSPS) is 14.4. The first-order valence-corrected chi connectivity index (χ1v) is 12.9. The molecule has 0 aromatic carbocycles. The molecule has 0 aromatic heterocycles. The van der Waals surface area contributed by atoms with Crippen molar-refractivity contribution < 1.29 is 5.11 Å². The van der Waals surface area contributed by atoms with E-state index in [4.69, 9.17) is 5.11 Å². The van der Waals surface area contributed by atoms with Gasteiger partial charge in [-0.05, 0) is 0 Å². The number of hydrogen-bond acceptors (Lipinski definition) is 1. The predicted molar refractivity (Wildman–Crippen MR) is 91.7 cm³/mol. The van der Waals surface area contributed by atoms with Gasteiger partial charge in [-0.15, -0.1) is 0 Å². The number of aliphatic hydroxyl groups excluding tert-OH is 1. The first-order valence-electron chi connectivity index (χ1n) is 7.87. The maximum absolute atomic E-state index is 8.83. The van der Waals surface area contributed by atoms with E-state index in [2.05, 4.69) is 36.3 Å². The van der Waals surface area contributed by atoms with Gasteiger partial charge in [0.05, 0.1) is 0 Å². The third kappa shape index (κ3) is 6.87. The summed E-state index contributed by atoms with van der Waals surface area (Å²) in [4.78, 5) is 0. The molecule has 112 valence electrons. The Labute approximate surface area is 123 Å². The Morgan fingerprint density at radius 1 is 0.722 bits per heavy atom. The van der Waals surface area contributed by atoms with Gasteiger partial charge in [0.15, 0.2) is 0 Å². The Kier molecular flexibility index (Phi) is 10.2. The van der Waals surface area contributed by atoms with Crippen molar-refractivity contribution in [3.63, 3.8) is 0 Å². The molecule has 1 nitrogen and oxygen atoms in total. The van der Waals surface area contributed by atoms with Gasteiger partial charge in [0.1, 0.15) is 0 Å². The zero-order valence-corrected chi connectivity index (χ0v) is 15.2. The minimum atomic E-state index is -1.58. The van der Waals surface area contributed by atoms with Gasteiger partial charge in [0.25, 0.3) is 0 Å². The van der Waals surface area contributed by atoms with E-state index in [1.807, 2.05) is 0 Å². The Bertz CT molecular complexity index is 189. The molecule has 0 aliphatic rings. The quantitative estimate of drug-likeness (QED) is 0.360. The van der Waals surface area contributed by atoms with Crippen LogP contribution in [0.15, 0.2) is 0 Å². The summed E-state index contributed by atoms with van der Waals surface area (Å²) < 4.78 is 0. The van der Waals surface area contributed by atoms with Gasteiger partial charge in [0, 0.05) is 0 Å². The Morgan fingerprint density at radius 3 is 1.56 bits per heavy atom. The molecule has 0 bridgehead atoms. The molecular weight excluding hydrogens is 307 g/mol. The Morgan fingerprint density at radius 2 is 1.17 bits per heavy atom. The summed E-state index contributed by atoms with van der Waals surface area (Å²) in [6.45, 7) is 7.36. The van der Waals surface area contributed by atoms with Crippen LogP contribution in [0.3, 0.4) is 0 Å². The van der Waals surface area contributed by atoms with Gasteiger partial charge in [-0.3, -0.25) is 0 Å². The van der Waals surface area contributed by atoms with Crippen LogP contribution in [0.1, 0.15) is 65.7 Å². The number of hydrogen-bond donors (Lipinski definition) is 1. The van der Waals surface area contributed by atoms with Crippen molar-refractivity contribution in [3.8, 4) is 0 Å².